The van der Waals surface area contributed by atoms with Gasteiger partial charge in [-0.2, -0.15) is 0 Å². The van der Waals surface area contributed by atoms with E-state index in [1.807, 2.05) is 32.3 Å². The van der Waals surface area contributed by atoms with E-state index in [-0.39, 0.29) is 6.04 Å². The molecule has 4 heteroatoms. The maximum absolute atomic E-state index is 13.2. The van der Waals surface area contributed by atoms with Crippen LogP contribution >= 0.6 is 0 Å². The van der Waals surface area contributed by atoms with Crippen molar-refractivity contribution in [2.24, 2.45) is 0 Å². The molecular weight excluding hydrogens is 270 g/mol. The summed E-state index contributed by atoms with van der Waals surface area (Å²) in [4.78, 5) is 2.09. The van der Waals surface area contributed by atoms with Crippen LogP contribution in [0.15, 0.2) is 48.5 Å². The quantitative estimate of drug-likeness (QED) is 0.877. The van der Waals surface area contributed by atoms with Crippen LogP contribution in [0, 0.1) is 11.6 Å². The highest BCUT2D eigenvalue weighted by Crippen LogP contribution is 2.15. The molecule has 21 heavy (non-hydrogen) atoms. The van der Waals surface area contributed by atoms with E-state index in [9.17, 15) is 8.78 Å². The molecule has 2 rings (SSSR count). The summed E-state index contributed by atoms with van der Waals surface area (Å²) in [6.45, 7) is 1.32. The van der Waals surface area contributed by atoms with Crippen molar-refractivity contribution in [2.45, 2.75) is 12.6 Å². The minimum atomic E-state index is -0.813. The number of benzene rings is 2. The summed E-state index contributed by atoms with van der Waals surface area (Å²) in [5.41, 5.74) is 1.90. The van der Waals surface area contributed by atoms with Gasteiger partial charge in [-0.25, -0.2) is 8.78 Å². The Morgan fingerprint density at radius 3 is 2.33 bits per heavy atom. The van der Waals surface area contributed by atoms with Crippen molar-refractivity contribution in [2.75, 3.05) is 20.6 Å². The van der Waals surface area contributed by atoms with E-state index in [0.717, 1.165) is 18.2 Å². The van der Waals surface area contributed by atoms with Gasteiger partial charge in [-0.05, 0) is 37.4 Å². The van der Waals surface area contributed by atoms with Crippen LogP contribution in [0.4, 0.5) is 8.78 Å². The molecule has 0 aromatic heterocycles. The molecule has 0 fully saturated rings. The van der Waals surface area contributed by atoms with Crippen molar-refractivity contribution in [3.8, 4) is 0 Å². The lowest BCUT2D eigenvalue weighted by Crippen LogP contribution is -2.30. The van der Waals surface area contributed by atoms with Gasteiger partial charge in [-0.15, -0.1) is 0 Å². The van der Waals surface area contributed by atoms with Crippen molar-refractivity contribution in [1.29, 1.82) is 0 Å². The van der Waals surface area contributed by atoms with Crippen molar-refractivity contribution in [3.63, 3.8) is 0 Å². The van der Waals surface area contributed by atoms with Gasteiger partial charge >= 0.3 is 0 Å². The summed E-state index contributed by atoms with van der Waals surface area (Å²) < 4.78 is 26.2. The van der Waals surface area contributed by atoms with E-state index < -0.39 is 11.6 Å². The first-order valence-electron chi connectivity index (χ1n) is 6.93. The molecule has 1 unspecified atom stereocenters. The Kier molecular flexibility index (Phi) is 5.42. The predicted molar refractivity (Wildman–Crippen MR) is 80.9 cm³/mol. The van der Waals surface area contributed by atoms with E-state index in [2.05, 4.69) is 22.3 Å². The van der Waals surface area contributed by atoms with Gasteiger partial charge in [-0.1, -0.05) is 36.4 Å². The Bertz CT molecular complexity index is 570. The Balaban J connectivity index is 2.07. The Hall–Kier alpha value is -1.78. The molecule has 1 N–H and O–H groups in total. The first-order valence-corrected chi connectivity index (χ1v) is 6.93. The van der Waals surface area contributed by atoms with E-state index in [1.54, 1.807) is 6.07 Å². The molecule has 0 aliphatic heterocycles. The molecule has 2 aromatic rings. The Morgan fingerprint density at radius 2 is 1.71 bits per heavy atom. The van der Waals surface area contributed by atoms with Crippen LogP contribution in [0.25, 0.3) is 0 Å². The zero-order valence-corrected chi connectivity index (χ0v) is 12.3. The highest BCUT2D eigenvalue weighted by Gasteiger charge is 2.12. The number of likely N-dealkylation sites (N-methyl/N-ethyl adjacent to an activating group) is 1. The lowest BCUT2D eigenvalue weighted by molar-refractivity contribution is 0.340. The van der Waals surface area contributed by atoms with Crippen LogP contribution in [0.2, 0.25) is 0 Å². The third-order valence-electron chi connectivity index (χ3n) is 3.29. The third kappa shape index (κ3) is 4.62. The average Bonchev–Trinajstić information content (AvgIpc) is 2.47. The number of nitrogens with zero attached hydrogens (tertiary/aromatic N) is 1. The molecule has 1 atom stereocenters. The summed E-state index contributed by atoms with van der Waals surface area (Å²) in [6, 6.07) is 14.2. The molecule has 0 radical (unpaired) electrons. The summed E-state index contributed by atoms with van der Waals surface area (Å²) in [5.74, 6) is -1.62. The van der Waals surface area contributed by atoms with E-state index in [1.165, 1.54) is 11.6 Å². The fourth-order valence-corrected chi connectivity index (χ4v) is 2.23. The van der Waals surface area contributed by atoms with E-state index in [0.29, 0.717) is 6.54 Å². The second-order valence-electron chi connectivity index (χ2n) is 5.35. The van der Waals surface area contributed by atoms with Crippen LogP contribution < -0.4 is 5.32 Å². The normalized spacial score (nSPS) is 12.6. The van der Waals surface area contributed by atoms with Crippen LogP contribution in [-0.2, 0) is 6.54 Å². The molecule has 2 aromatic carbocycles. The van der Waals surface area contributed by atoms with Crippen molar-refractivity contribution >= 4 is 0 Å². The maximum Gasteiger partial charge on any atom is 0.159 e. The minimum Gasteiger partial charge on any atom is -0.308 e. The molecule has 0 aliphatic rings. The van der Waals surface area contributed by atoms with Gasteiger partial charge in [0.1, 0.15) is 0 Å². The van der Waals surface area contributed by atoms with Crippen molar-refractivity contribution in [3.05, 3.63) is 71.3 Å². The topological polar surface area (TPSA) is 15.3 Å². The van der Waals surface area contributed by atoms with Gasteiger partial charge in [0, 0.05) is 19.1 Å². The third-order valence-corrected chi connectivity index (χ3v) is 3.29. The molecule has 0 amide bonds. The lowest BCUT2D eigenvalue weighted by atomic mass is 10.1. The van der Waals surface area contributed by atoms with Gasteiger partial charge in [0.2, 0.25) is 0 Å². The summed E-state index contributed by atoms with van der Waals surface area (Å²) in [7, 11) is 4.02. The Morgan fingerprint density at radius 1 is 1.00 bits per heavy atom. The molecule has 112 valence electrons. The first-order chi connectivity index (χ1) is 10.1. The van der Waals surface area contributed by atoms with Crippen LogP contribution in [-0.4, -0.2) is 25.5 Å². The molecule has 0 spiro atoms. The number of nitrogens with one attached hydrogen (secondary N) is 1. The molecule has 0 aliphatic carbocycles. The largest absolute Gasteiger partial charge is 0.308 e. The number of halogens is 2. The second-order valence-corrected chi connectivity index (χ2v) is 5.35. The van der Waals surface area contributed by atoms with Gasteiger partial charge in [0.05, 0.1) is 0 Å². The Labute approximate surface area is 124 Å². The second kappa shape index (κ2) is 7.29. The number of hydrogen-bond acceptors (Lipinski definition) is 2. The SMILES string of the molecule is CN(C)CC(NCc1ccc(F)c(F)c1)c1ccccc1. The smallest absolute Gasteiger partial charge is 0.159 e. The van der Waals surface area contributed by atoms with Crippen LogP contribution in [0.5, 0.6) is 0 Å². The number of rotatable bonds is 6. The van der Waals surface area contributed by atoms with Crippen LogP contribution in [0.3, 0.4) is 0 Å². The lowest BCUT2D eigenvalue weighted by Gasteiger charge is -2.23. The molecular formula is C17H20F2N2. The van der Waals surface area contributed by atoms with Gasteiger partial charge in [0.25, 0.3) is 0 Å². The van der Waals surface area contributed by atoms with E-state index in [4.69, 9.17) is 0 Å². The molecule has 2 nitrogen and oxygen atoms in total. The van der Waals surface area contributed by atoms with Crippen molar-refractivity contribution < 1.29 is 8.78 Å². The highest BCUT2D eigenvalue weighted by molar-refractivity contribution is 5.21. The highest BCUT2D eigenvalue weighted by atomic mass is 19.2. The molecule has 0 saturated carbocycles. The number of hydrogen-bond donors (Lipinski definition) is 1. The zero-order valence-electron chi connectivity index (χ0n) is 12.3. The monoisotopic (exact) mass is 290 g/mol. The van der Waals surface area contributed by atoms with Gasteiger partial charge in [0.15, 0.2) is 11.6 Å². The first kappa shape index (κ1) is 15.6. The molecule has 0 heterocycles. The van der Waals surface area contributed by atoms with Crippen LogP contribution in [0.1, 0.15) is 17.2 Å². The zero-order chi connectivity index (χ0) is 15.2. The molecule has 0 saturated heterocycles. The predicted octanol–water partition coefficient (Wildman–Crippen LogP) is 3.36. The summed E-state index contributed by atoms with van der Waals surface area (Å²) in [6.07, 6.45) is 0. The van der Waals surface area contributed by atoms with Crippen molar-refractivity contribution in [1.82, 2.24) is 10.2 Å². The maximum atomic E-state index is 13.2. The van der Waals surface area contributed by atoms with Gasteiger partial charge in [-0.3, -0.25) is 0 Å². The standard InChI is InChI=1S/C17H20F2N2/c1-21(2)12-17(14-6-4-3-5-7-14)20-11-13-8-9-15(18)16(19)10-13/h3-10,17,20H,11-12H2,1-2H3. The van der Waals surface area contributed by atoms with E-state index >= 15 is 0 Å². The fraction of sp³-hybridized carbons (Fsp3) is 0.294. The fourth-order valence-electron chi connectivity index (χ4n) is 2.23. The van der Waals surface area contributed by atoms with Gasteiger partial charge < -0.3 is 10.2 Å². The molecule has 0 bridgehead atoms. The minimum absolute atomic E-state index is 0.134. The summed E-state index contributed by atoms with van der Waals surface area (Å²) in [5, 5.41) is 3.40. The average molecular weight is 290 g/mol. The summed E-state index contributed by atoms with van der Waals surface area (Å²) >= 11 is 0.